The summed E-state index contributed by atoms with van der Waals surface area (Å²) in [7, 11) is 0. The number of pyridine rings is 1. The number of nitrogens with one attached hydrogen (secondary N) is 1. The van der Waals surface area contributed by atoms with Crippen LogP contribution in [0.5, 0.6) is 11.6 Å². The number of rotatable bonds is 5. The number of aromatic nitrogens is 1. The van der Waals surface area contributed by atoms with E-state index in [1.165, 1.54) is 6.08 Å². The second kappa shape index (κ2) is 7.09. The summed E-state index contributed by atoms with van der Waals surface area (Å²) in [6, 6.07) is 13.0. The van der Waals surface area contributed by atoms with E-state index in [0.29, 0.717) is 18.2 Å². The van der Waals surface area contributed by atoms with E-state index in [-0.39, 0.29) is 5.91 Å². The molecule has 2 rings (SSSR count). The minimum Gasteiger partial charge on any atom is -0.439 e. The number of carbonyl (C=O) groups is 1. The number of hydrogen-bond donors (Lipinski definition) is 1. The van der Waals surface area contributed by atoms with Gasteiger partial charge in [0.25, 0.3) is 0 Å². The van der Waals surface area contributed by atoms with Crippen molar-refractivity contribution in [1.29, 1.82) is 0 Å². The Morgan fingerprint density at radius 2 is 2.20 bits per heavy atom. The summed E-state index contributed by atoms with van der Waals surface area (Å²) < 4.78 is 5.64. The molecule has 102 valence electrons. The number of nitrogens with zero attached hydrogens (tertiary/aromatic N) is 1. The fourth-order valence-electron chi connectivity index (χ4n) is 1.65. The average molecular weight is 268 g/mol. The lowest BCUT2D eigenvalue weighted by molar-refractivity contribution is -0.116. The number of carbonyl (C=O) groups excluding carboxylic acids is 1. The molecule has 1 amide bonds. The molecule has 0 aliphatic rings. The summed E-state index contributed by atoms with van der Waals surface area (Å²) in [6.45, 7) is 2.27. The summed E-state index contributed by atoms with van der Waals surface area (Å²) in [5, 5.41) is 2.79. The maximum Gasteiger partial charge on any atom is 0.243 e. The van der Waals surface area contributed by atoms with Gasteiger partial charge in [0.15, 0.2) is 0 Å². The number of benzene rings is 1. The van der Waals surface area contributed by atoms with Gasteiger partial charge in [-0.05, 0) is 36.8 Å². The normalized spacial score (nSPS) is 10.4. The van der Waals surface area contributed by atoms with Gasteiger partial charge in [-0.15, -0.1) is 0 Å². The number of amides is 1. The van der Waals surface area contributed by atoms with Crippen molar-refractivity contribution in [3.05, 3.63) is 66.4 Å². The highest BCUT2D eigenvalue weighted by Gasteiger charge is 2.01. The van der Waals surface area contributed by atoms with Gasteiger partial charge in [0.1, 0.15) is 5.75 Å². The van der Waals surface area contributed by atoms with E-state index in [4.69, 9.17) is 4.74 Å². The molecule has 0 aliphatic carbocycles. The second-order valence-corrected chi connectivity index (χ2v) is 4.14. The van der Waals surface area contributed by atoms with Gasteiger partial charge in [0.05, 0.1) is 0 Å². The first-order chi connectivity index (χ1) is 9.78. The topological polar surface area (TPSA) is 51.2 Å². The van der Waals surface area contributed by atoms with E-state index in [1.807, 2.05) is 36.4 Å². The number of hydrogen-bond acceptors (Lipinski definition) is 3. The number of allylic oxidation sites excluding steroid dienone is 1. The Labute approximate surface area is 118 Å². The highest BCUT2D eigenvalue weighted by atomic mass is 16.5. The van der Waals surface area contributed by atoms with Crippen molar-refractivity contribution in [2.45, 2.75) is 13.5 Å². The highest BCUT2D eigenvalue weighted by molar-refractivity contribution is 5.87. The Kier molecular flexibility index (Phi) is 4.89. The fourth-order valence-corrected chi connectivity index (χ4v) is 1.65. The van der Waals surface area contributed by atoms with E-state index in [9.17, 15) is 4.79 Å². The molecule has 0 saturated heterocycles. The van der Waals surface area contributed by atoms with E-state index in [2.05, 4.69) is 10.3 Å². The molecule has 1 aromatic carbocycles. The standard InChI is InChI=1S/C16H16N2O2/c1-2-6-15(19)18-12-13-7-5-8-14(11-13)20-16-9-3-4-10-17-16/h2-11H,12H2,1H3,(H,18,19)/b6-2+. The molecule has 0 unspecified atom stereocenters. The Bertz CT molecular complexity index is 594. The van der Waals surface area contributed by atoms with E-state index >= 15 is 0 Å². The molecule has 0 bridgehead atoms. The van der Waals surface area contributed by atoms with Crippen molar-refractivity contribution in [3.63, 3.8) is 0 Å². The number of ether oxygens (including phenoxy) is 1. The van der Waals surface area contributed by atoms with Gasteiger partial charge >= 0.3 is 0 Å². The van der Waals surface area contributed by atoms with Crippen molar-refractivity contribution in [2.75, 3.05) is 0 Å². The summed E-state index contributed by atoms with van der Waals surface area (Å²) in [4.78, 5) is 15.5. The molecule has 0 atom stereocenters. The molecular weight excluding hydrogens is 252 g/mol. The van der Waals surface area contributed by atoms with Crippen molar-refractivity contribution in [1.82, 2.24) is 10.3 Å². The van der Waals surface area contributed by atoms with Crippen LogP contribution in [0.1, 0.15) is 12.5 Å². The average Bonchev–Trinajstić information content (AvgIpc) is 2.47. The van der Waals surface area contributed by atoms with Crippen LogP contribution < -0.4 is 10.1 Å². The third-order valence-corrected chi connectivity index (χ3v) is 2.54. The van der Waals surface area contributed by atoms with Gasteiger partial charge in [0.2, 0.25) is 11.8 Å². The Balaban J connectivity index is 1.99. The minimum absolute atomic E-state index is 0.108. The minimum atomic E-state index is -0.108. The van der Waals surface area contributed by atoms with Crippen LogP contribution in [0.25, 0.3) is 0 Å². The van der Waals surface area contributed by atoms with Crippen molar-refractivity contribution in [3.8, 4) is 11.6 Å². The zero-order valence-corrected chi connectivity index (χ0v) is 11.2. The van der Waals surface area contributed by atoms with Crippen LogP contribution in [0.3, 0.4) is 0 Å². The lowest BCUT2D eigenvalue weighted by Gasteiger charge is -2.07. The fraction of sp³-hybridized carbons (Fsp3) is 0.125. The van der Waals surface area contributed by atoms with Crippen molar-refractivity contribution >= 4 is 5.91 Å². The molecule has 1 N–H and O–H groups in total. The van der Waals surface area contributed by atoms with E-state index in [0.717, 1.165) is 5.56 Å². The van der Waals surface area contributed by atoms with Crippen LogP contribution in [-0.2, 0) is 11.3 Å². The predicted octanol–water partition coefficient (Wildman–Crippen LogP) is 3.07. The van der Waals surface area contributed by atoms with Crippen LogP contribution >= 0.6 is 0 Å². The molecule has 20 heavy (non-hydrogen) atoms. The molecule has 0 spiro atoms. The molecule has 0 fully saturated rings. The first-order valence-corrected chi connectivity index (χ1v) is 6.36. The Hall–Kier alpha value is -2.62. The summed E-state index contributed by atoms with van der Waals surface area (Å²) >= 11 is 0. The van der Waals surface area contributed by atoms with Crippen LogP contribution in [0, 0.1) is 0 Å². The maximum atomic E-state index is 11.4. The highest BCUT2D eigenvalue weighted by Crippen LogP contribution is 2.19. The molecule has 4 nitrogen and oxygen atoms in total. The van der Waals surface area contributed by atoms with Gasteiger partial charge in [-0.2, -0.15) is 0 Å². The largest absolute Gasteiger partial charge is 0.439 e. The third-order valence-electron chi connectivity index (χ3n) is 2.54. The second-order valence-electron chi connectivity index (χ2n) is 4.14. The quantitative estimate of drug-likeness (QED) is 0.848. The SMILES string of the molecule is C/C=C/C(=O)NCc1cccc(Oc2ccccn2)c1. The summed E-state index contributed by atoms with van der Waals surface area (Å²) in [5.41, 5.74) is 0.969. The van der Waals surface area contributed by atoms with Gasteiger partial charge in [-0.1, -0.05) is 24.3 Å². The van der Waals surface area contributed by atoms with Crippen molar-refractivity contribution < 1.29 is 9.53 Å². The van der Waals surface area contributed by atoms with Gasteiger partial charge < -0.3 is 10.1 Å². The van der Waals surface area contributed by atoms with Crippen molar-refractivity contribution in [2.24, 2.45) is 0 Å². The lowest BCUT2D eigenvalue weighted by Crippen LogP contribution is -2.20. The lowest BCUT2D eigenvalue weighted by atomic mass is 10.2. The third kappa shape index (κ3) is 4.24. The zero-order valence-electron chi connectivity index (χ0n) is 11.2. The van der Waals surface area contributed by atoms with Crippen LogP contribution in [0.15, 0.2) is 60.8 Å². The smallest absolute Gasteiger partial charge is 0.243 e. The van der Waals surface area contributed by atoms with Crippen LogP contribution in [0.2, 0.25) is 0 Å². The molecule has 2 aromatic rings. The molecule has 0 saturated carbocycles. The van der Waals surface area contributed by atoms with E-state index < -0.39 is 0 Å². The van der Waals surface area contributed by atoms with E-state index in [1.54, 1.807) is 25.3 Å². The van der Waals surface area contributed by atoms with Crippen LogP contribution in [0.4, 0.5) is 0 Å². The van der Waals surface area contributed by atoms with Crippen LogP contribution in [-0.4, -0.2) is 10.9 Å². The van der Waals surface area contributed by atoms with Gasteiger partial charge in [0, 0.05) is 18.8 Å². The first kappa shape index (κ1) is 13.8. The molecule has 0 radical (unpaired) electrons. The molecule has 4 heteroatoms. The van der Waals surface area contributed by atoms with Gasteiger partial charge in [-0.25, -0.2) is 4.98 Å². The molecule has 1 aromatic heterocycles. The first-order valence-electron chi connectivity index (χ1n) is 6.36. The Morgan fingerprint density at radius 1 is 1.30 bits per heavy atom. The molecule has 0 aliphatic heterocycles. The predicted molar refractivity (Wildman–Crippen MR) is 77.4 cm³/mol. The monoisotopic (exact) mass is 268 g/mol. The summed E-state index contributed by atoms with van der Waals surface area (Å²) in [5.74, 6) is 1.13. The maximum absolute atomic E-state index is 11.4. The zero-order chi connectivity index (χ0) is 14.2. The summed E-state index contributed by atoms with van der Waals surface area (Å²) in [6.07, 6.45) is 4.88. The molecule has 1 heterocycles. The van der Waals surface area contributed by atoms with Gasteiger partial charge in [-0.3, -0.25) is 4.79 Å². The molecular formula is C16H16N2O2. The Morgan fingerprint density at radius 3 is 2.95 bits per heavy atom.